The highest BCUT2D eigenvalue weighted by atomic mass is 16.4. The maximum atomic E-state index is 11.1. The van der Waals surface area contributed by atoms with Gasteiger partial charge >= 0.3 is 11.9 Å². The second-order valence-electron chi connectivity index (χ2n) is 5.76. The van der Waals surface area contributed by atoms with Crippen molar-refractivity contribution < 1.29 is 19.8 Å². The molecule has 1 heterocycles. The highest BCUT2D eigenvalue weighted by Crippen LogP contribution is 2.28. The molecule has 5 nitrogen and oxygen atoms in total. The number of carboxylic acids is 2. The van der Waals surface area contributed by atoms with Gasteiger partial charge in [-0.2, -0.15) is 0 Å². The van der Waals surface area contributed by atoms with Crippen LogP contribution in [0.5, 0.6) is 0 Å². The number of aliphatic carboxylic acids is 2. The molecule has 0 atom stereocenters. The summed E-state index contributed by atoms with van der Waals surface area (Å²) in [6.45, 7) is 1.70. The topological polar surface area (TPSA) is 77.8 Å². The average molecular weight is 323 g/mol. The predicted octanol–water partition coefficient (Wildman–Crippen LogP) is 3.15. The van der Waals surface area contributed by atoms with E-state index in [1.807, 2.05) is 36.4 Å². The van der Waals surface area contributed by atoms with Gasteiger partial charge in [0.05, 0.1) is 6.42 Å². The van der Waals surface area contributed by atoms with E-state index in [2.05, 4.69) is 17.0 Å². The van der Waals surface area contributed by atoms with Crippen molar-refractivity contribution in [3.63, 3.8) is 0 Å². The molecule has 0 spiro atoms. The van der Waals surface area contributed by atoms with Crippen LogP contribution in [-0.4, -0.2) is 22.2 Å². The summed E-state index contributed by atoms with van der Waals surface area (Å²) in [7, 11) is 0. The third-order valence-electron chi connectivity index (χ3n) is 4.06. The molecule has 0 radical (unpaired) electrons. The van der Waals surface area contributed by atoms with Crippen molar-refractivity contribution in [1.29, 1.82) is 0 Å². The summed E-state index contributed by atoms with van der Waals surface area (Å²) >= 11 is 0. The summed E-state index contributed by atoms with van der Waals surface area (Å²) in [4.78, 5) is 24.1. The van der Waals surface area contributed by atoms with Gasteiger partial charge in [-0.15, -0.1) is 0 Å². The van der Waals surface area contributed by atoms with E-state index in [0.29, 0.717) is 5.56 Å². The van der Waals surface area contributed by atoms with Gasteiger partial charge in [0, 0.05) is 24.4 Å². The first-order chi connectivity index (χ1) is 11.5. The Balaban J connectivity index is 1.77. The Morgan fingerprint density at radius 2 is 1.54 bits per heavy atom. The van der Waals surface area contributed by atoms with Crippen LogP contribution < -0.4 is 4.90 Å². The number of fused-ring (bicyclic) bond motifs is 1. The van der Waals surface area contributed by atoms with Gasteiger partial charge in [-0.3, -0.25) is 4.79 Å². The van der Waals surface area contributed by atoms with Crippen molar-refractivity contribution in [3.05, 3.63) is 70.8 Å². The first-order valence-electron chi connectivity index (χ1n) is 7.60. The summed E-state index contributed by atoms with van der Waals surface area (Å²) in [5.74, 6) is -2.37. The molecule has 0 unspecified atom stereocenters. The van der Waals surface area contributed by atoms with Gasteiger partial charge in [0.15, 0.2) is 0 Å². The molecule has 0 bridgehead atoms. The molecular weight excluding hydrogens is 306 g/mol. The fourth-order valence-electron chi connectivity index (χ4n) is 2.85. The summed E-state index contributed by atoms with van der Waals surface area (Å²) in [6, 6.07) is 15.8. The second-order valence-corrected chi connectivity index (χ2v) is 5.76. The Labute approximate surface area is 139 Å². The molecule has 0 saturated carbocycles. The number of rotatable bonds is 5. The average Bonchev–Trinajstić information content (AvgIpc) is 2.98. The van der Waals surface area contributed by atoms with Crippen molar-refractivity contribution in [2.24, 2.45) is 0 Å². The summed E-state index contributed by atoms with van der Waals surface area (Å²) in [6.07, 6.45) is 0.900. The predicted molar refractivity (Wildman–Crippen MR) is 90.6 cm³/mol. The van der Waals surface area contributed by atoms with Crippen LogP contribution in [0.4, 0.5) is 5.69 Å². The largest absolute Gasteiger partial charge is 0.481 e. The monoisotopic (exact) mass is 323 g/mol. The van der Waals surface area contributed by atoms with E-state index in [4.69, 9.17) is 10.2 Å². The smallest absolute Gasteiger partial charge is 0.332 e. The zero-order chi connectivity index (χ0) is 17.1. The number of nitrogens with zero attached hydrogens (tertiary/aromatic N) is 1. The Hall–Kier alpha value is -3.08. The summed E-state index contributed by atoms with van der Waals surface area (Å²) < 4.78 is 0. The molecule has 24 heavy (non-hydrogen) atoms. The van der Waals surface area contributed by atoms with Crippen molar-refractivity contribution in [1.82, 2.24) is 0 Å². The minimum absolute atomic E-state index is 0.135. The molecule has 0 amide bonds. The maximum absolute atomic E-state index is 11.1. The molecule has 0 aromatic heterocycles. The molecule has 1 aliphatic rings. The number of hydrogen-bond acceptors (Lipinski definition) is 3. The zero-order valence-electron chi connectivity index (χ0n) is 13.0. The number of benzene rings is 2. The van der Waals surface area contributed by atoms with Crippen molar-refractivity contribution in [3.8, 4) is 0 Å². The fourth-order valence-corrected chi connectivity index (χ4v) is 2.85. The van der Waals surface area contributed by atoms with Crippen LogP contribution in [0.1, 0.15) is 23.1 Å². The zero-order valence-corrected chi connectivity index (χ0v) is 13.0. The highest BCUT2D eigenvalue weighted by Gasteiger charge is 2.18. The standard InChI is InChI=1S/C19H17NO4/c21-18(22)10-16(19(23)24)9-13-5-7-17(8-6-13)20-11-14-3-1-2-4-15(14)12-20/h1-9H,10-12H2,(H,21,22)(H,23,24)/b16-9+. The van der Waals surface area contributed by atoms with Crippen LogP contribution in [0.15, 0.2) is 54.1 Å². The lowest BCUT2D eigenvalue weighted by Crippen LogP contribution is -2.14. The molecule has 5 heteroatoms. The van der Waals surface area contributed by atoms with Gasteiger partial charge in [-0.05, 0) is 34.9 Å². The Morgan fingerprint density at radius 3 is 2.04 bits per heavy atom. The third-order valence-corrected chi connectivity index (χ3v) is 4.06. The number of hydrogen-bond donors (Lipinski definition) is 2. The van der Waals surface area contributed by atoms with Gasteiger partial charge < -0.3 is 15.1 Å². The Morgan fingerprint density at radius 1 is 0.958 bits per heavy atom. The normalized spacial score (nSPS) is 13.7. The molecule has 2 N–H and O–H groups in total. The van der Waals surface area contributed by atoms with Gasteiger partial charge in [-0.1, -0.05) is 36.4 Å². The van der Waals surface area contributed by atoms with Gasteiger partial charge in [0.1, 0.15) is 0 Å². The quantitative estimate of drug-likeness (QED) is 0.827. The lowest BCUT2D eigenvalue weighted by atomic mass is 10.1. The number of anilines is 1. The molecule has 3 rings (SSSR count). The van der Waals surface area contributed by atoms with Crippen LogP contribution in [0.25, 0.3) is 6.08 Å². The van der Waals surface area contributed by atoms with Crippen LogP contribution in [0, 0.1) is 0 Å². The van der Waals surface area contributed by atoms with Crippen LogP contribution >= 0.6 is 0 Å². The van der Waals surface area contributed by atoms with E-state index < -0.39 is 18.4 Å². The maximum Gasteiger partial charge on any atom is 0.332 e. The molecule has 0 fully saturated rings. The SMILES string of the molecule is O=C(O)C/C(=C\c1ccc(N2Cc3ccccc3C2)cc1)C(=O)O. The first kappa shape index (κ1) is 15.8. The molecule has 2 aromatic carbocycles. The van der Waals surface area contributed by atoms with E-state index in [-0.39, 0.29) is 5.57 Å². The van der Waals surface area contributed by atoms with Crippen molar-refractivity contribution in [2.75, 3.05) is 4.90 Å². The lowest BCUT2D eigenvalue weighted by molar-refractivity contribution is -0.139. The molecule has 122 valence electrons. The summed E-state index contributed by atoms with van der Waals surface area (Å²) in [5, 5.41) is 17.8. The third kappa shape index (κ3) is 3.46. The number of carbonyl (C=O) groups is 2. The molecule has 1 aliphatic heterocycles. The second kappa shape index (κ2) is 6.58. The summed E-state index contributed by atoms with van der Waals surface area (Å²) in [5.41, 5.74) is 4.23. The number of carboxylic acid groups (broad SMARTS) is 2. The van der Waals surface area contributed by atoms with E-state index in [9.17, 15) is 9.59 Å². The molecular formula is C19H17NO4. The van der Waals surface area contributed by atoms with Crippen LogP contribution in [0.3, 0.4) is 0 Å². The molecule has 0 saturated heterocycles. The van der Waals surface area contributed by atoms with Crippen LogP contribution in [0.2, 0.25) is 0 Å². The lowest BCUT2D eigenvalue weighted by Gasteiger charge is -2.17. The van der Waals surface area contributed by atoms with Gasteiger partial charge in [0.25, 0.3) is 0 Å². The van der Waals surface area contributed by atoms with Crippen molar-refractivity contribution in [2.45, 2.75) is 19.5 Å². The minimum atomic E-state index is -1.21. The minimum Gasteiger partial charge on any atom is -0.481 e. The molecule has 2 aromatic rings. The van der Waals surface area contributed by atoms with Crippen molar-refractivity contribution >= 4 is 23.7 Å². The van der Waals surface area contributed by atoms with E-state index >= 15 is 0 Å². The van der Waals surface area contributed by atoms with Gasteiger partial charge in [-0.25, -0.2) is 4.79 Å². The Kier molecular flexibility index (Phi) is 4.33. The highest BCUT2D eigenvalue weighted by molar-refractivity contribution is 5.96. The fraction of sp³-hybridized carbons (Fsp3) is 0.158. The Bertz CT molecular complexity index is 783. The van der Waals surface area contributed by atoms with E-state index in [1.165, 1.54) is 17.2 Å². The van der Waals surface area contributed by atoms with E-state index in [0.717, 1.165) is 18.8 Å². The molecule has 0 aliphatic carbocycles. The van der Waals surface area contributed by atoms with E-state index in [1.54, 1.807) is 0 Å². The first-order valence-corrected chi connectivity index (χ1v) is 7.60. The van der Waals surface area contributed by atoms with Crippen LogP contribution in [-0.2, 0) is 22.7 Å². The van der Waals surface area contributed by atoms with Gasteiger partial charge in [0.2, 0.25) is 0 Å².